The fourth-order valence-electron chi connectivity index (χ4n) is 2.64. The second kappa shape index (κ2) is 7.70. The maximum Gasteiger partial charge on any atom is 0.00693 e. The Hall–Kier alpha value is -0.990. The average molecular weight is 287 g/mol. The molecule has 0 radical (unpaired) electrons. The molecule has 0 fully saturated rings. The third-order valence-corrected chi connectivity index (χ3v) is 4.52. The lowest BCUT2D eigenvalue weighted by Crippen LogP contribution is -2.22. The molecule has 0 unspecified atom stereocenters. The summed E-state index contributed by atoms with van der Waals surface area (Å²) in [7, 11) is 2.22. The Morgan fingerprint density at radius 2 is 1.95 bits per heavy atom. The Morgan fingerprint density at radius 1 is 1.20 bits per heavy atom. The van der Waals surface area contributed by atoms with Crippen LogP contribution in [0.15, 0.2) is 36.9 Å². The zero-order valence-electron chi connectivity index (χ0n) is 12.7. The molecule has 0 bridgehead atoms. The van der Waals surface area contributed by atoms with Crippen molar-refractivity contribution in [2.24, 2.45) is 0 Å². The summed E-state index contributed by atoms with van der Waals surface area (Å²) >= 11 is 1.92. The minimum atomic E-state index is 1.09. The smallest absolute Gasteiger partial charge is 0.00693 e. The molecule has 1 aliphatic rings. The van der Waals surface area contributed by atoms with Gasteiger partial charge < -0.3 is 4.90 Å². The molecule has 1 aliphatic carbocycles. The van der Waals surface area contributed by atoms with Gasteiger partial charge in [-0.2, -0.15) is 11.8 Å². The molecule has 1 aromatic rings. The van der Waals surface area contributed by atoms with Gasteiger partial charge in [-0.1, -0.05) is 36.9 Å². The number of nitrogens with zero attached hydrogens (tertiary/aromatic N) is 1. The van der Waals surface area contributed by atoms with Gasteiger partial charge in [0.15, 0.2) is 0 Å². The predicted octanol–water partition coefficient (Wildman–Crippen LogP) is 4.56. The van der Waals surface area contributed by atoms with Crippen LogP contribution >= 0.6 is 11.8 Å². The van der Waals surface area contributed by atoms with Crippen molar-refractivity contribution >= 4 is 22.9 Å². The van der Waals surface area contributed by atoms with E-state index < -0.39 is 0 Å². The lowest BCUT2D eigenvalue weighted by Gasteiger charge is -2.18. The summed E-state index contributed by atoms with van der Waals surface area (Å²) in [5.41, 5.74) is 5.52. The minimum Gasteiger partial charge on any atom is -0.305 e. The molecule has 0 aliphatic heterocycles. The molecule has 108 valence electrons. The topological polar surface area (TPSA) is 3.24 Å². The molecule has 2 heteroatoms. The highest BCUT2D eigenvalue weighted by Crippen LogP contribution is 2.33. The third kappa shape index (κ3) is 4.00. The molecule has 0 saturated heterocycles. The van der Waals surface area contributed by atoms with E-state index in [-0.39, 0.29) is 0 Å². The van der Waals surface area contributed by atoms with Gasteiger partial charge in [-0.15, -0.1) is 0 Å². The summed E-state index contributed by atoms with van der Waals surface area (Å²) in [6.45, 7) is 6.54. The molecule has 0 heterocycles. The van der Waals surface area contributed by atoms with E-state index in [1.54, 1.807) is 0 Å². The largest absolute Gasteiger partial charge is 0.305 e. The normalized spacial score (nSPS) is 14.9. The fraction of sp³-hybridized carbons (Fsp3) is 0.444. The first kappa shape index (κ1) is 15.4. The molecule has 0 N–H and O–H groups in total. The van der Waals surface area contributed by atoms with Gasteiger partial charge in [0.05, 0.1) is 0 Å². The van der Waals surface area contributed by atoms with Gasteiger partial charge in [0.25, 0.3) is 0 Å². The van der Waals surface area contributed by atoms with Crippen LogP contribution in [0.2, 0.25) is 0 Å². The van der Waals surface area contributed by atoms with Crippen molar-refractivity contribution in [3.8, 4) is 0 Å². The van der Waals surface area contributed by atoms with Crippen molar-refractivity contribution < 1.29 is 0 Å². The number of rotatable bonds is 6. The molecule has 1 nitrogen and oxygen atoms in total. The summed E-state index contributed by atoms with van der Waals surface area (Å²) in [6.07, 6.45) is 7.93. The van der Waals surface area contributed by atoms with Crippen LogP contribution in [0.3, 0.4) is 0 Å². The number of allylic oxidation sites excluding steroid dienone is 2. The molecule has 0 atom stereocenters. The first-order chi connectivity index (χ1) is 9.72. The van der Waals surface area contributed by atoms with Crippen molar-refractivity contribution in [2.75, 3.05) is 32.1 Å². The summed E-state index contributed by atoms with van der Waals surface area (Å²) < 4.78 is 0. The molecular weight excluding hydrogens is 262 g/mol. The molecule has 0 spiro atoms. The molecule has 20 heavy (non-hydrogen) atoms. The summed E-state index contributed by atoms with van der Waals surface area (Å²) in [5.74, 6) is 1.21. The Morgan fingerprint density at radius 3 is 2.70 bits per heavy atom. The Labute approximate surface area is 127 Å². The second-order valence-electron chi connectivity index (χ2n) is 5.46. The van der Waals surface area contributed by atoms with Crippen LogP contribution in [0.5, 0.6) is 0 Å². The monoisotopic (exact) mass is 287 g/mol. The van der Waals surface area contributed by atoms with Gasteiger partial charge in [0.2, 0.25) is 0 Å². The maximum atomic E-state index is 4.24. The van der Waals surface area contributed by atoms with Crippen LogP contribution in [-0.4, -0.2) is 37.0 Å². The fourth-order valence-corrected chi connectivity index (χ4v) is 3.14. The third-order valence-electron chi connectivity index (χ3n) is 3.93. The van der Waals surface area contributed by atoms with Gasteiger partial charge in [0.1, 0.15) is 0 Å². The van der Waals surface area contributed by atoms with Crippen molar-refractivity contribution in [3.63, 3.8) is 0 Å². The van der Waals surface area contributed by atoms with Crippen LogP contribution in [0.4, 0.5) is 0 Å². The summed E-state index contributed by atoms with van der Waals surface area (Å²) in [6, 6.07) is 8.73. The van der Waals surface area contributed by atoms with Gasteiger partial charge in [-0.05, 0) is 54.8 Å². The predicted molar refractivity (Wildman–Crippen MR) is 93.2 cm³/mol. The SMILES string of the molecule is C=C1CCC=C(CCN(C)CCSC)c2ccccc21. The van der Waals surface area contributed by atoms with Crippen LogP contribution in [0.25, 0.3) is 11.1 Å². The van der Waals surface area contributed by atoms with E-state index in [1.807, 2.05) is 11.8 Å². The van der Waals surface area contributed by atoms with E-state index >= 15 is 0 Å². The van der Waals surface area contributed by atoms with E-state index in [0.717, 1.165) is 25.8 Å². The van der Waals surface area contributed by atoms with Crippen molar-refractivity contribution in [1.82, 2.24) is 4.90 Å². The van der Waals surface area contributed by atoms with Crippen molar-refractivity contribution in [1.29, 1.82) is 0 Å². The zero-order chi connectivity index (χ0) is 14.4. The zero-order valence-corrected chi connectivity index (χ0v) is 13.5. The Kier molecular flexibility index (Phi) is 5.93. The highest BCUT2D eigenvalue weighted by atomic mass is 32.2. The quantitative estimate of drug-likeness (QED) is 0.754. The molecular formula is C18H25NS. The van der Waals surface area contributed by atoms with Crippen LogP contribution in [-0.2, 0) is 0 Å². The maximum absolute atomic E-state index is 4.24. The van der Waals surface area contributed by atoms with E-state index in [1.165, 1.54) is 34.6 Å². The molecule has 2 rings (SSSR count). The van der Waals surface area contributed by atoms with Gasteiger partial charge >= 0.3 is 0 Å². The average Bonchev–Trinajstić information content (AvgIpc) is 2.63. The highest BCUT2D eigenvalue weighted by Gasteiger charge is 2.13. The van der Waals surface area contributed by atoms with Crippen molar-refractivity contribution in [3.05, 3.63) is 48.0 Å². The Bertz CT molecular complexity index is 490. The lowest BCUT2D eigenvalue weighted by molar-refractivity contribution is 0.365. The second-order valence-corrected chi connectivity index (χ2v) is 6.45. The van der Waals surface area contributed by atoms with E-state index in [9.17, 15) is 0 Å². The molecule has 0 amide bonds. The number of benzene rings is 1. The van der Waals surface area contributed by atoms with Gasteiger partial charge in [-0.3, -0.25) is 0 Å². The van der Waals surface area contributed by atoms with Crippen LogP contribution in [0.1, 0.15) is 30.4 Å². The van der Waals surface area contributed by atoms with Gasteiger partial charge in [0, 0.05) is 18.8 Å². The standard InChI is InChI=1S/C18H25NS/c1-15-7-6-8-16(11-12-19(2)13-14-20-3)18-10-5-4-9-17(15)18/h4-5,8-10H,1,6-7,11-14H2,2-3H3. The van der Waals surface area contributed by atoms with Crippen LogP contribution < -0.4 is 0 Å². The number of thioether (sulfide) groups is 1. The number of fused-ring (bicyclic) bond motifs is 1. The first-order valence-electron chi connectivity index (χ1n) is 7.36. The highest BCUT2D eigenvalue weighted by molar-refractivity contribution is 7.98. The summed E-state index contributed by atoms with van der Waals surface area (Å²) in [5, 5.41) is 0. The van der Waals surface area contributed by atoms with E-state index in [0.29, 0.717) is 0 Å². The molecule has 0 saturated carbocycles. The Balaban J connectivity index is 2.06. The van der Waals surface area contributed by atoms with Crippen molar-refractivity contribution in [2.45, 2.75) is 19.3 Å². The molecule has 1 aromatic carbocycles. The van der Waals surface area contributed by atoms with E-state index in [4.69, 9.17) is 0 Å². The number of hydrogen-bond donors (Lipinski definition) is 0. The number of hydrogen-bond acceptors (Lipinski definition) is 2. The van der Waals surface area contributed by atoms with Crippen LogP contribution in [0, 0.1) is 0 Å². The minimum absolute atomic E-state index is 1.09. The van der Waals surface area contributed by atoms with E-state index in [2.05, 4.69) is 55.1 Å². The summed E-state index contributed by atoms with van der Waals surface area (Å²) in [4.78, 5) is 2.43. The first-order valence-corrected chi connectivity index (χ1v) is 8.76. The van der Waals surface area contributed by atoms with Gasteiger partial charge in [-0.25, -0.2) is 0 Å². The lowest BCUT2D eigenvalue weighted by atomic mass is 9.95. The molecule has 0 aromatic heterocycles.